The lowest BCUT2D eigenvalue weighted by atomic mass is 9.77. The second kappa shape index (κ2) is 5.77. The van der Waals surface area contributed by atoms with Crippen LogP contribution in [0.2, 0.25) is 10.0 Å². The number of rotatable bonds is 2. The smallest absolute Gasteiger partial charge is 0.119 e. The lowest BCUT2D eigenvalue weighted by Gasteiger charge is -2.38. The van der Waals surface area contributed by atoms with Crippen molar-refractivity contribution >= 4 is 28.9 Å². The summed E-state index contributed by atoms with van der Waals surface area (Å²) in [4.78, 5) is 0. The van der Waals surface area contributed by atoms with Gasteiger partial charge in [0.15, 0.2) is 0 Å². The number of allylic oxidation sites excluding steroid dienone is 2. The van der Waals surface area contributed by atoms with Crippen molar-refractivity contribution in [2.45, 2.75) is 18.4 Å². The standard InChI is InChI=1S/C19H17Cl2NO/c1-23-12-5-2-4-11(10-12)18-14-7-3-6-13(14)17-15(20)8-9-16(21)19(17)22-18/h2-6,8-10,13-14,18,22H,7H2,1H3/t13-,14+,18+/m1/s1. The van der Waals surface area contributed by atoms with Gasteiger partial charge in [0.2, 0.25) is 0 Å². The molecule has 0 fully saturated rings. The highest BCUT2D eigenvalue weighted by molar-refractivity contribution is 6.36. The van der Waals surface area contributed by atoms with Gasteiger partial charge in [0.05, 0.1) is 23.9 Å². The van der Waals surface area contributed by atoms with Crippen LogP contribution in [-0.2, 0) is 0 Å². The second-order valence-electron chi connectivity index (χ2n) is 6.07. The van der Waals surface area contributed by atoms with Gasteiger partial charge in [-0.25, -0.2) is 0 Å². The molecule has 1 aliphatic heterocycles. The minimum absolute atomic E-state index is 0.188. The first-order valence-corrected chi connectivity index (χ1v) is 8.49. The average molecular weight is 346 g/mol. The van der Waals surface area contributed by atoms with Crippen LogP contribution in [0.1, 0.15) is 29.5 Å². The third-order valence-corrected chi connectivity index (χ3v) is 5.51. The minimum atomic E-state index is 0.188. The molecule has 2 aromatic carbocycles. The molecular formula is C19H17Cl2NO. The molecule has 0 unspecified atom stereocenters. The maximum Gasteiger partial charge on any atom is 0.119 e. The van der Waals surface area contributed by atoms with Gasteiger partial charge in [0.1, 0.15) is 5.75 Å². The molecule has 0 saturated carbocycles. The molecule has 0 saturated heterocycles. The van der Waals surface area contributed by atoms with Crippen LogP contribution in [0.4, 0.5) is 5.69 Å². The number of halogens is 2. The lowest BCUT2D eigenvalue weighted by molar-refractivity contribution is 0.406. The molecule has 0 aromatic heterocycles. The fourth-order valence-electron chi connectivity index (χ4n) is 3.79. The first-order chi connectivity index (χ1) is 11.2. The fourth-order valence-corrected chi connectivity index (χ4v) is 4.30. The Labute approximate surface area is 146 Å². The predicted molar refractivity (Wildman–Crippen MR) is 95.8 cm³/mol. The number of hydrogen-bond acceptors (Lipinski definition) is 2. The van der Waals surface area contributed by atoms with E-state index in [0.29, 0.717) is 11.8 Å². The lowest BCUT2D eigenvalue weighted by Crippen LogP contribution is -2.29. The molecule has 1 aliphatic carbocycles. The molecule has 2 nitrogen and oxygen atoms in total. The van der Waals surface area contributed by atoms with E-state index in [1.165, 1.54) is 5.56 Å². The summed E-state index contributed by atoms with van der Waals surface area (Å²) in [5.74, 6) is 1.61. The van der Waals surface area contributed by atoms with Gasteiger partial charge in [-0.1, -0.05) is 47.5 Å². The van der Waals surface area contributed by atoms with Crippen molar-refractivity contribution in [1.29, 1.82) is 0 Å². The topological polar surface area (TPSA) is 21.3 Å². The third kappa shape index (κ3) is 2.41. The maximum absolute atomic E-state index is 6.47. The maximum atomic E-state index is 6.47. The monoisotopic (exact) mass is 345 g/mol. The summed E-state index contributed by atoms with van der Waals surface area (Å²) in [7, 11) is 1.69. The quantitative estimate of drug-likeness (QED) is 0.691. The van der Waals surface area contributed by atoms with Gasteiger partial charge < -0.3 is 10.1 Å². The summed E-state index contributed by atoms with van der Waals surface area (Å²) in [5.41, 5.74) is 3.29. The molecule has 0 bridgehead atoms. The Morgan fingerprint density at radius 1 is 1.13 bits per heavy atom. The van der Waals surface area contributed by atoms with Gasteiger partial charge in [0, 0.05) is 16.5 Å². The van der Waals surface area contributed by atoms with Crippen LogP contribution in [0.25, 0.3) is 0 Å². The van der Waals surface area contributed by atoms with Crippen molar-refractivity contribution in [3.8, 4) is 5.75 Å². The van der Waals surface area contributed by atoms with Crippen LogP contribution in [0.5, 0.6) is 5.75 Å². The van der Waals surface area contributed by atoms with Crippen LogP contribution in [0, 0.1) is 5.92 Å². The molecule has 2 aliphatic rings. The Morgan fingerprint density at radius 2 is 1.96 bits per heavy atom. The number of hydrogen-bond donors (Lipinski definition) is 1. The number of methoxy groups -OCH3 is 1. The van der Waals surface area contributed by atoms with E-state index in [1.807, 2.05) is 24.3 Å². The molecule has 3 atom stereocenters. The molecule has 0 spiro atoms. The van der Waals surface area contributed by atoms with Gasteiger partial charge in [-0.3, -0.25) is 0 Å². The highest BCUT2D eigenvalue weighted by Gasteiger charge is 2.39. The molecule has 1 N–H and O–H groups in total. The molecule has 23 heavy (non-hydrogen) atoms. The SMILES string of the molecule is COc1cccc([C@@H]2Nc3c(Cl)ccc(Cl)c3[C@@H]3C=CC[C@@H]32)c1. The van der Waals surface area contributed by atoms with Crippen LogP contribution < -0.4 is 10.1 Å². The van der Waals surface area contributed by atoms with Gasteiger partial charge in [0.25, 0.3) is 0 Å². The van der Waals surface area contributed by atoms with E-state index in [0.717, 1.165) is 33.5 Å². The third-order valence-electron chi connectivity index (χ3n) is 4.87. The number of ether oxygens (including phenoxy) is 1. The number of anilines is 1. The highest BCUT2D eigenvalue weighted by atomic mass is 35.5. The summed E-state index contributed by atoms with van der Waals surface area (Å²) < 4.78 is 5.38. The van der Waals surface area contributed by atoms with E-state index in [4.69, 9.17) is 27.9 Å². The molecular weight excluding hydrogens is 329 g/mol. The number of benzene rings is 2. The van der Waals surface area contributed by atoms with Gasteiger partial charge >= 0.3 is 0 Å². The van der Waals surface area contributed by atoms with Gasteiger partial charge in [-0.15, -0.1) is 0 Å². The van der Waals surface area contributed by atoms with E-state index in [1.54, 1.807) is 7.11 Å². The van der Waals surface area contributed by atoms with E-state index in [2.05, 4.69) is 29.6 Å². The Bertz CT molecular complexity index is 787. The Hall–Kier alpha value is -1.64. The summed E-state index contributed by atoms with van der Waals surface area (Å²) in [6, 6.07) is 12.2. The zero-order chi connectivity index (χ0) is 16.0. The molecule has 1 heterocycles. The molecule has 2 aromatic rings. The first-order valence-electron chi connectivity index (χ1n) is 7.74. The van der Waals surface area contributed by atoms with Crippen LogP contribution in [0.3, 0.4) is 0 Å². The van der Waals surface area contributed by atoms with Gasteiger partial charge in [-0.2, -0.15) is 0 Å². The second-order valence-corrected chi connectivity index (χ2v) is 6.88. The molecule has 0 radical (unpaired) electrons. The van der Waals surface area contributed by atoms with Crippen LogP contribution >= 0.6 is 23.2 Å². The summed E-state index contributed by atoms with van der Waals surface area (Å²) in [5, 5.41) is 5.13. The fraction of sp³-hybridized carbons (Fsp3) is 0.263. The minimum Gasteiger partial charge on any atom is -0.497 e. The van der Waals surface area contributed by atoms with E-state index < -0.39 is 0 Å². The zero-order valence-corrected chi connectivity index (χ0v) is 14.2. The summed E-state index contributed by atoms with van der Waals surface area (Å²) in [6.07, 6.45) is 5.54. The van der Waals surface area contributed by atoms with Crippen molar-refractivity contribution in [1.82, 2.24) is 0 Å². The van der Waals surface area contributed by atoms with E-state index in [-0.39, 0.29) is 6.04 Å². The van der Waals surface area contributed by atoms with Crippen LogP contribution in [-0.4, -0.2) is 7.11 Å². The molecule has 4 heteroatoms. The van der Waals surface area contributed by atoms with Crippen molar-refractivity contribution in [3.63, 3.8) is 0 Å². The molecule has 4 rings (SSSR count). The van der Waals surface area contributed by atoms with Crippen molar-refractivity contribution < 1.29 is 4.74 Å². The average Bonchev–Trinajstić information content (AvgIpc) is 3.06. The Kier molecular flexibility index (Phi) is 3.74. The highest BCUT2D eigenvalue weighted by Crippen LogP contribution is 2.53. The molecule has 0 amide bonds. The molecule has 118 valence electrons. The Balaban J connectivity index is 1.83. The number of fused-ring (bicyclic) bond motifs is 3. The number of nitrogens with one attached hydrogen (secondary N) is 1. The zero-order valence-electron chi connectivity index (χ0n) is 12.7. The van der Waals surface area contributed by atoms with Crippen molar-refractivity contribution in [2.24, 2.45) is 5.92 Å². The van der Waals surface area contributed by atoms with E-state index in [9.17, 15) is 0 Å². The Morgan fingerprint density at radius 3 is 2.78 bits per heavy atom. The van der Waals surface area contributed by atoms with Crippen molar-refractivity contribution in [2.75, 3.05) is 12.4 Å². The summed E-state index contributed by atoms with van der Waals surface area (Å²) in [6.45, 7) is 0. The largest absolute Gasteiger partial charge is 0.497 e. The predicted octanol–water partition coefficient (Wildman–Crippen LogP) is 5.83. The summed E-state index contributed by atoms with van der Waals surface area (Å²) >= 11 is 12.9. The first kappa shape index (κ1) is 14.9. The van der Waals surface area contributed by atoms with Crippen molar-refractivity contribution in [3.05, 3.63) is 69.7 Å². The van der Waals surface area contributed by atoms with E-state index >= 15 is 0 Å². The normalized spacial score (nSPS) is 24.7. The van der Waals surface area contributed by atoms with Crippen LogP contribution in [0.15, 0.2) is 48.6 Å². The van der Waals surface area contributed by atoms with Gasteiger partial charge in [-0.05, 0) is 42.2 Å².